The lowest BCUT2D eigenvalue weighted by molar-refractivity contribution is -0.742. The Morgan fingerprint density at radius 1 is 1.67 bits per heavy atom. The molecule has 4 N–H and O–H groups in total. The van der Waals surface area contributed by atoms with Crippen LogP contribution in [0.1, 0.15) is 0 Å². The topological polar surface area (TPSA) is 98.4 Å². The Morgan fingerprint density at radius 2 is 1.67 bits per heavy atom. The fourth-order valence-electron chi connectivity index (χ4n) is 0. The van der Waals surface area contributed by atoms with Gasteiger partial charge in [-0.1, -0.05) is 0 Å². The highest BCUT2D eigenvalue weighted by atomic mass is 32.1. The summed E-state index contributed by atoms with van der Waals surface area (Å²) in [5, 5.41) is 13.6. The van der Waals surface area contributed by atoms with E-state index in [0.717, 1.165) is 0 Å². The lowest BCUT2D eigenvalue weighted by atomic mass is 13.1. The van der Waals surface area contributed by atoms with Crippen molar-refractivity contribution in [2.24, 2.45) is 0 Å². The summed E-state index contributed by atoms with van der Waals surface area (Å²) < 4.78 is 0. The summed E-state index contributed by atoms with van der Waals surface area (Å²) in [6.07, 6.45) is 0. The Balaban J connectivity index is -0.0000000450. The van der Waals surface area contributed by atoms with Crippen molar-refractivity contribution in [3.63, 3.8) is 0 Å². The van der Waals surface area contributed by atoms with Gasteiger partial charge >= 0.3 is 0 Å². The van der Waals surface area contributed by atoms with Gasteiger partial charge in [-0.3, -0.25) is 0 Å². The van der Waals surface area contributed by atoms with E-state index in [0.29, 0.717) is 0 Å². The molecule has 0 aromatic carbocycles. The molecular weight excluding hydrogens is 108 g/mol. The zero-order valence-corrected chi connectivity index (χ0v) is 3.64. The summed E-state index contributed by atoms with van der Waals surface area (Å²) in [4.78, 5) is 8.36. The van der Waals surface area contributed by atoms with Gasteiger partial charge in [0.2, 0.25) is 0 Å². The van der Waals surface area contributed by atoms with Crippen LogP contribution < -0.4 is 6.15 Å². The molecule has 0 spiro atoms. The van der Waals surface area contributed by atoms with E-state index in [1.54, 1.807) is 0 Å². The van der Waals surface area contributed by atoms with Gasteiger partial charge in [-0.25, -0.2) is 0 Å². The Labute approximate surface area is 41.1 Å². The van der Waals surface area contributed by atoms with Gasteiger partial charge in [0.05, 0.1) is 0 Å². The third-order valence-corrected chi connectivity index (χ3v) is 0. The predicted octanol–water partition coefficient (Wildman–Crippen LogP) is 0.463. The van der Waals surface area contributed by atoms with Gasteiger partial charge in [-0.15, -0.1) is 10.1 Å². The van der Waals surface area contributed by atoms with Crippen molar-refractivity contribution in [2.45, 2.75) is 0 Å². The maximum atomic E-state index is 8.36. The number of hydrogen-bond donors (Lipinski definition) is 2. The van der Waals surface area contributed by atoms with Crippen LogP contribution in [-0.4, -0.2) is 10.3 Å². The fourth-order valence-corrected chi connectivity index (χ4v) is 0. The highest BCUT2D eigenvalue weighted by molar-refractivity contribution is 7.59. The largest absolute Gasteiger partial charge is 0.344 e. The molecule has 0 atom stereocenters. The zero-order valence-electron chi connectivity index (χ0n) is 2.83. The summed E-state index contributed by atoms with van der Waals surface area (Å²) in [6, 6.07) is 0. The third kappa shape index (κ3) is 92.1. The summed E-state index contributed by atoms with van der Waals surface area (Å²) in [7, 11) is 0. The average Bonchev–Trinajstić information content (AvgIpc) is 0.811. The van der Waals surface area contributed by atoms with Crippen LogP contribution in [0.25, 0.3) is 0 Å². The third-order valence-electron chi connectivity index (χ3n) is 0. The molecule has 0 aliphatic rings. The van der Waals surface area contributed by atoms with Crippen molar-refractivity contribution in [3.8, 4) is 0 Å². The fraction of sp³-hybridized carbons (Fsp3) is 0. The molecule has 0 saturated heterocycles. The highest BCUT2D eigenvalue weighted by Crippen LogP contribution is 1.38. The molecule has 0 aliphatic carbocycles. The van der Waals surface area contributed by atoms with E-state index in [1.807, 2.05) is 0 Å². The molecule has 0 unspecified atom stereocenters. The smallest absolute Gasteiger partial charge is 0.291 e. The van der Waals surface area contributed by atoms with Crippen molar-refractivity contribution >= 4 is 13.5 Å². The molecule has 0 heterocycles. The van der Waals surface area contributed by atoms with Crippen molar-refractivity contribution in [1.82, 2.24) is 6.15 Å². The second kappa shape index (κ2) is 8.82. The SMILES string of the molecule is N.O=[N+]([O-])O.[S]. The van der Waals surface area contributed by atoms with Gasteiger partial charge in [-0.05, 0) is 0 Å². The molecule has 0 amide bonds. The van der Waals surface area contributed by atoms with Crippen LogP contribution in [0.3, 0.4) is 0 Å². The van der Waals surface area contributed by atoms with Crippen molar-refractivity contribution in [3.05, 3.63) is 10.1 Å². The predicted molar refractivity (Wildman–Crippen MR) is 21.4 cm³/mol. The Hall–Kier alpha value is -0.490. The van der Waals surface area contributed by atoms with E-state index in [-0.39, 0.29) is 19.6 Å². The lowest BCUT2D eigenvalue weighted by Gasteiger charge is -1.56. The van der Waals surface area contributed by atoms with Crippen LogP contribution in [-0.2, 0) is 0 Å². The van der Waals surface area contributed by atoms with Crippen molar-refractivity contribution in [2.75, 3.05) is 0 Å². The summed E-state index contributed by atoms with van der Waals surface area (Å²) in [6.45, 7) is 0. The van der Waals surface area contributed by atoms with Crippen LogP contribution >= 0.6 is 13.5 Å². The Bertz CT molecular complexity index is 31.8. The molecule has 0 bridgehead atoms. The van der Waals surface area contributed by atoms with E-state index in [2.05, 4.69) is 0 Å². The van der Waals surface area contributed by atoms with Crippen LogP contribution in [0, 0.1) is 10.1 Å². The van der Waals surface area contributed by atoms with Crippen molar-refractivity contribution in [1.29, 1.82) is 0 Å². The average molecular weight is 112 g/mol. The van der Waals surface area contributed by atoms with Gasteiger partial charge in [0.25, 0.3) is 5.09 Å². The zero-order chi connectivity index (χ0) is 3.58. The second-order valence-electron chi connectivity index (χ2n) is 0.238. The first-order valence-electron chi connectivity index (χ1n) is 0.565. The van der Waals surface area contributed by atoms with E-state index in [4.69, 9.17) is 15.3 Å². The molecule has 0 saturated carbocycles. The minimum atomic E-state index is -1.50. The molecule has 0 rings (SSSR count). The maximum Gasteiger partial charge on any atom is 0.291 e. The van der Waals surface area contributed by atoms with Crippen LogP contribution in [0.5, 0.6) is 0 Å². The molecular formula is H4N2O3S. The number of rotatable bonds is 0. The van der Waals surface area contributed by atoms with Gasteiger partial charge < -0.3 is 11.4 Å². The monoisotopic (exact) mass is 112 g/mol. The quantitative estimate of drug-likeness (QED) is 0.351. The molecule has 0 aromatic heterocycles. The molecule has 0 fully saturated rings. The highest BCUT2D eigenvalue weighted by Gasteiger charge is 1.65. The normalized spacial score (nSPS) is 4.00. The maximum absolute atomic E-state index is 8.36. The number of nitrogens with zero attached hydrogens (tertiary/aromatic N) is 1. The molecule has 6 heavy (non-hydrogen) atoms. The minimum absolute atomic E-state index is 0. The van der Waals surface area contributed by atoms with E-state index in [1.165, 1.54) is 0 Å². The summed E-state index contributed by atoms with van der Waals surface area (Å²) in [5.41, 5.74) is 0. The van der Waals surface area contributed by atoms with Crippen LogP contribution in [0.2, 0.25) is 0 Å². The Morgan fingerprint density at radius 3 is 1.67 bits per heavy atom. The summed E-state index contributed by atoms with van der Waals surface area (Å²) in [5.74, 6) is 0. The second-order valence-corrected chi connectivity index (χ2v) is 0.238. The first-order chi connectivity index (χ1) is 1.73. The van der Waals surface area contributed by atoms with Gasteiger partial charge in [-0.2, -0.15) is 0 Å². The van der Waals surface area contributed by atoms with Gasteiger partial charge in [0.1, 0.15) is 0 Å². The molecule has 0 aromatic rings. The van der Waals surface area contributed by atoms with Gasteiger partial charge in [0.15, 0.2) is 0 Å². The van der Waals surface area contributed by atoms with E-state index < -0.39 is 5.09 Å². The lowest BCUT2D eigenvalue weighted by Crippen LogP contribution is -1.81. The molecule has 6 heteroatoms. The van der Waals surface area contributed by atoms with Crippen LogP contribution in [0.15, 0.2) is 0 Å². The standard InChI is InChI=1S/HNO3.H3N.S/c2-1(3)4;;/h(H,2,3,4);1H3;. The molecule has 0 aliphatic heterocycles. The number of hydrogen-bond acceptors (Lipinski definition) is 3. The molecule has 5 nitrogen and oxygen atoms in total. The van der Waals surface area contributed by atoms with Gasteiger partial charge in [0, 0.05) is 13.5 Å². The minimum Gasteiger partial charge on any atom is -0.344 e. The van der Waals surface area contributed by atoms with Crippen molar-refractivity contribution < 1.29 is 10.3 Å². The Kier molecular flexibility index (Phi) is 26.1. The van der Waals surface area contributed by atoms with E-state index in [9.17, 15) is 0 Å². The van der Waals surface area contributed by atoms with Crippen LogP contribution in [0.4, 0.5) is 0 Å². The summed E-state index contributed by atoms with van der Waals surface area (Å²) >= 11 is 0. The molecule has 2 radical (unpaired) electrons. The molecule has 38 valence electrons. The van der Waals surface area contributed by atoms with E-state index >= 15 is 0 Å². The first-order valence-corrected chi connectivity index (χ1v) is 0.565. The first kappa shape index (κ1) is 17.8.